The Morgan fingerprint density at radius 3 is 2.88 bits per heavy atom. The largest absolute Gasteiger partial charge is 0.493 e. The van der Waals surface area contributed by atoms with Crippen molar-refractivity contribution >= 4 is 21.6 Å². The van der Waals surface area contributed by atoms with E-state index < -0.39 is 0 Å². The van der Waals surface area contributed by atoms with Crippen LogP contribution in [0.4, 0.5) is 0 Å². The Morgan fingerprint density at radius 1 is 1.47 bits per heavy atom. The minimum Gasteiger partial charge on any atom is -0.493 e. The molecule has 0 spiro atoms. The molecule has 0 saturated heterocycles. The normalized spacial score (nSPS) is 17.0. The molecule has 1 aliphatic rings. The van der Waals surface area contributed by atoms with Crippen molar-refractivity contribution in [1.29, 1.82) is 0 Å². The fourth-order valence-electron chi connectivity index (χ4n) is 2.57. The van der Waals surface area contributed by atoms with Crippen molar-refractivity contribution in [2.24, 2.45) is 0 Å². The average molecular weight is 298 g/mol. The lowest BCUT2D eigenvalue weighted by molar-refractivity contribution is 0.419. The molecule has 0 bridgehead atoms. The quantitative estimate of drug-likeness (QED) is 0.847. The topological polar surface area (TPSA) is 70.4 Å². The first-order valence-corrected chi connectivity index (χ1v) is 6.46. The highest BCUT2D eigenvalue weighted by atomic mass is 79.9. The number of fused-ring (bicyclic) bond motifs is 1. The van der Waals surface area contributed by atoms with Gasteiger partial charge >= 0.3 is 0 Å². The van der Waals surface area contributed by atoms with Crippen LogP contribution in [0.2, 0.25) is 0 Å². The Hall–Kier alpha value is -1.30. The molecule has 2 aromatic heterocycles. The van der Waals surface area contributed by atoms with Crippen molar-refractivity contribution in [3.8, 4) is 5.88 Å². The van der Waals surface area contributed by atoms with E-state index in [0.717, 1.165) is 25.7 Å². The first kappa shape index (κ1) is 10.8. The number of halogens is 1. The van der Waals surface area contributed by atoms with Crippen molar-refractivity contribution in [1.82, 2.24) is 14.6 Å². The van der Waals surface area contributed by atoms with Gasteiger partial charge in [0, 0.05) is 0 Å². The van der Waals surface area contributed by atoms with Gasteiger partial charge in [0.2, 0.25) is 5.88 Å². The summed E-state index contributed by atoms with van der Waals surface area (Å²) in [6.07, 6.45) is 5.72. The Balaban J connectivity index is 2.27. The van der Waals surface area contributed by atoms with Gasteiger partial charge < -0.3 is 10.1 Å². The van der Waals surface area contributed by atoms with Crippen molar-refractivity contribution in [2.75, 3.05) is 0 Å². The second-order valence-corrected chi connectivity index (χ2v) is 5.28. The Bertz CT molecular complexity index is 625. The molecule has 0 radical (unpaired) electrons. The summed E-state index contributed by atoms with van der Waals surface area (Å²) in [6, 6.07) is 0. The van der Waals surface area contributed by atoms with Crippen molar-refractivity contribution < 1.29 is 5.11 Å². The van der Waals surface area contributed by atoms with E-state index in [4.69, 9.17) is 0 Å². The number of rotatable bonds is 1. The van der Waals surface area contributed by atoms with Gasteiger partial charge in [-0.1, -0.05) is 12.8 Å². The zero-order chi connectivity index (χ0) is 12.0. The van der Waals surface area contributed by atoms with E-state index in [1.165, 1.54) is 4.52 Å². The molecule has 2 N–H and O–H groups in total. The van der Waals surface area contributed by atoms with Crippen LogP contribution >= 0.6 is 15.9 Å². The summed E-state index contributed by atoms with van der Waals surface area (Å²) in [5.41, 5.74) is 0.767. The number of aromatic nitrogens is 3. The van der Waals surface area contributed by atoms with Gasteiger partial charge in [-0.3, -0.25) is 4.79 Å². The molecule has 6 heteroatoms. The zero-order valence-corrected chi connectivity index (χ0v) is 10.7. The number of H-pyrrole nitrogens is 1. The van der Waals surface area contributed by atoms with Gasteiger partial charge in [0.1, 0.15) is 0 Å². The minimum atomic E-state index is -0.205. The summed E-state index contributed by atoms with van der Waals surface area (Å²) in [6.45, 7) is 0. The van der Waals surface area contributed by atoms with Crippen LogP contribution in [-0.4, -0.2) is 19.7 Å². The molecule has 0 aromatic carbocycles. The van der Waals surface area contributed by atoms with Gasteiger partial charge in [0.15, 0.2) is 5.65 Å². The predicted octanol–water partition coefficient (Wildman–Crippen LogP) is 2.15. The molecular weight excluding hydrogens is 286 g/mol. The van der Waals surface area contributed by atoms with Gasteiger partial charge in [-0.05, 0) is 34.7 Å². The highest BCUT2D eigenvalue weighted by Crippen LogP contribution is 2.36. The zero-order valence-electron chi connectivity index (χ0n) is 9.11. The van der Waals surface area contributed by atoms with E-state index >= 15 is 0 Å². The van der Waals surface area contributed by atoms with E-state index in [1.807, 2.05) is 0 Å². The maximum absolute atomic E-state index is 12.0. The van der Waals surface area contributed by atoms with Gasteiger partial charge in [0.05, 0.1) is 16.2 Å². The van der Waals surface area contributed by atoms with Crippen molar-refractivity contribution in [2.45, 2.75) is 31.6 Å². The summed E-state index contributed by atoms with van der Waals surface area (Å²) in [7, 11) is 0. The molecule has 5 nitrogen and oxygen atoms in total. The second kappa shape index (κ2) is 3.87. The third-order valence-corrected chi connectivity index (χ3v) is 3.99. The molecule has 0 atom stereocenters. The fourth-order valence-corrected chi connectivity index (χ4v) is 2.93. The van der Waals surface area contributed by atoms with Gasteiger partial charge in [-0.15, -0.1) is 0 Å². The fraction of sp³-hybridized carbons (Fsp3) is 0.455. The summed E-state index contributed by atoms with van der Waals surface area (Å²) >= 11 is 3.28. The van der Waals surface area contributed by atoms with Crippen LogP contribution < -0.4 is 5.56 Å². The standard InChI is InChI=1S/C11H12BrN3O2/c12-7-5-13-15-9(7)14-10(16)8(11(15)17)6-3-1-2-4-6/h5-6,17H,1-4H2,(H,14,16). The van der Waals surface area contributed by atoms with Crippen LogP contribution in [0.1, 0.15) is 37.2 Å². The minimum absolute atomic E-state index is 0.0265. The highest BCUT2D eigenvalue weighted by molar-refractivity contribution is 9.10. The van der Waals surface area contributed by atoms with Gasteiger partial charge in [-0.2, -0.15) is 9.61 Å². The Labute approximate surface area is 106 Å². The lowest BCUT2D eigenvalue weighted by Crippen LogP contribution is -2.18. The summed E-state index contributed by atoms with van der Waals surface area (Å²) < 4.78 is 2.04. The van der Waals surface area contributed by atoms with E-state index in [1.54, 1.807) is 6.20 Å². The van der Waals surface area contributed by atoms with Crippen LogP contribution in [0.3, 0.4) is 0 Å². The van der Waals surface area contributed by atoms with Crippen molar-refractivity contribution in [3.05, 3.63) is 26.6 Å². The third-order valence-electron chi connectivity index (χ3n) is 3.41. The monoisotopic (exact) mass is 297 g/mol. The smallest absolute Gasteiger partial charge is 0.258 e. The Morgan fingerprint density at radius 2 is 2.18 bits per heavy atom. The number of hydrogen-bond acceptors (Lipinski definition) is 3. The van der Waals surface area contributed by atoms with Crippen LogP contribution in [0.25, 0.3) is 5.65 Å². The number of aromatic amines is 1. The number of aromatic hydroxyl groups is 1. The summed E-state index contributed by atoms with van der Waals surface area (Å²) in [5, 5.41) is 14.2. The highest BCUT2D eigenvalue weighted by Gasteiger charge is 2.25. The van der Waals surface area contributed by atoms with Gasteiger partial charge in [0.25, 0.3) is 5.56 Å². The maximum Gasteiger partial charge on any atom is 0.258 e. The predicted molar refractivity (Wildman–Crippen MR) is 66.4 cm³/mol. The first-order chi connectivity index (χ1) is 8.18. The number of nitrogens with one attached hydrogen (secondary N) is 1. The molecule has 0 unspecified atom stereocenters. The molecule has 1 aliphatic carbocycles. The number of hydrogen-bond donors (Lipinski definition) is 2. The van der Waals surface area contributed by atoms with E-state index in [-0.39, 0.29) is 17.4 Å². The van der Waals surface area contributed by atoms with Gasteiger partial charge in [-0.25, -0.2) is 0 Å². The van der Waals surface area contributed by atoms with Crippen LogP contribution in [-0.2, 0) is 0 Å². The third kappa shape index (κ3) is 1.58. The van der Waals surface area contributed by atoms with E-state index in [0.29, 0.717) is 15.7 Å². The molecule has 0 aliphatic heterocycles. The second-order valence-electron chi connectivity index (χ2n) is 4.43. The molecule has 90 valence electrons. The summed E-state index contributed by atoms with van der Waals surface area (Å²) in [5.74, 6) is 0.132. The number of nitrogens with zero attached hydrogens (tertiary/aromatic N) is 2. The van der Waals surface area contributed by atoms with Crippen LogP contribution in [0.5, 0.6) is 5.88 Å². The van der Waals surface area contributed by atoms with Crippen molar-refractivity contribution in [3.63, 3.8) is 0 Å². The lowest BCUT2D eigenvalue weighted by Gasteiger charge is -2.11. The molecule has 3 rings (SSSR count). The molecule has 0 amide bonds. The van der Waals surface area contributed by atoms with E-state index in [2.05, 4.69) is 26.0 Å². The van der Waals surface area contributed by atoms with E-state index in [9.17, 15) is 9.90 Å². The molecule has 1 fully saturated rings. The maximum atomic E-state index is 12.0. The molecule has 17 heavy (non-hydrogen) atoms. The molecule has 2 aromatic rings. The molecule has 1 saturated carbocycles. The average Bonchev–Trinajstić information content (AvgIpc) is 2.90. The SMILES string of the molecule is O=c1[nH]c2c(Br)cnn2c(O)c1C1CCCC1. The Kier molecular flexibility index (Phi) is 2.47. The van der Waals surface area contributed by atoms with Crippen LogP contribution in [0, 0.1) is 0 Å². The molecular formula is C11H12BrN3O2. The first-order valence-electron chi connectivity index (χ1n) is 5.67. The van der Waals surface area contributed by atoms with Crippen LogP contribution in [0.15, 0.2) is 15.5 Å². The molecule has 2 heterocycles. The summed E-state index contributed by atoms with van der Waals surface area (Å²) in [4.78, 5) is 14.8. The lowest BCUT2D eigenvalue weighted by atomic mass is 10.00.